The van der Waals surface area contributed by atoms with E-state index in [4.69, 9.17) is 0 Å². The van der Waals surface area contributed by atoms with E-state index in [1.54, 1.807) is 0 Å². The summed E-state index contributed by atoms with van der Waals surface area (Å²) >= 11 is 0. The van der Waals surface area contributed by atoms with Gasteiger partial charge >= 0.3 is 0 Å². The van der Waals surface area contributed by atoms with E-state index >= 15 is 0 Å². The number of nitrogens with one attached hydrogen (secondary N) is 1. The van der Waals surface area contributed by atoms with Gasteiger partial charge in [0.05, 0.1) is 5.52 Å². The molecule has 1 heterocycles. The summed E-state index contributed by atoms with van der Waals surface area (Å²) in [5, 5.41) is 4.85. The van der Waals surface area contributed by atoms with E-state index in [0.29, 0.717) is 17.4 Å². The Morgan fingerprint density at radius 3 is 2.62 bits per heavy atom. The number of rotatable bonds is 5. The van der Waals surface area contributed by atoms with E-state index in [1.807, 2.05) is 12.3 Å². The van der Waals surface area contributed by atoms with Crippen LogP contribution in [0.4, 0.5) is 0 Å². The second kappa shape index (κ2) is 6.57. The van der Waals surface area contributed by atoms with Gasteiger partial charge in [0.15, 0.2) is 0 Å². The average Bonchev–Trinajstić information content (AvgIpc) is 2.45. The highest BCUT2D eigenvalue weighted by Gasteiger charge is 2.24. The topological polar surface area (TPSA) is 24.9 Å². The first-order valence-corrected chi connectivity index (χ1v) is 8.00. The van der Waals surface area contributed by atoms with Crippen molar-refractivity contribution in [2.45, 2.75) is 47.1 Å². The Morgan fingerprint density at radius 2 is 1.95 bits per heavy atom. The third-order valence-electron chi connectivity index (χ3n) is 4.55. The van der Waals surface area contributed by atoms with Crippen LogP contribution in [0, 0.1) is 11.3 Å². The Balaban J connectivity index is 2.27. The molecule has 0 radical (unpaired) electrons. The zero-order chi connectivity index (χ0) is 15.5. The number of pyridine rings is 1. The number of benzene rings is 1. The van der Waals surface area contributed by atoms with Crippen molar-refractivity contribution in [3.8, 4) is 0 Å². The van der Waals surface area contributed by atoms with Crippen LogP contribution in [0.15, 0.2) is 36.5 Å². The highest BCUT2D eigenvalue weighted by atomic mass is 14.9. The molecule has 0 aliphatic carbocycles. The van der Waals surface area contributed by atoms with Gasteiger partial charge in [0, 0.05) is 17.6 Å². The Bertz CT molecular complexity index is 583. The number of hydrogen-bond donors (Lipinski definition) is 1. The van der Waals surface area contributed by atoms with Gasteiger partial charge in [-0.25, -0.2) is 0 Å². The molecule has 2 rings (SSSR count). The fourth-order valence-corrected chi connectivity index (χ4v) is 2.59. The van der Waals surface area contributed by atoms with Crippen LogP contribution >= 0.6 is 0 Å². The van der Waals surface area contributed by atoms with Crippen LogP contribution in [0.25, 0.3) is 10.9 Å². The monoisotopic (exact) mass is 284 g/mol. The molecule has 114 valence electrons. The minimum atomic E-state index is 0.336. The van der Waals surface area contributed by atoms with Crippen molar-refractivity contribution in [2.75, 3.05) is 6.54 Å². The van der Waals surface area contributed by atoms with E-state index in [-0.39, 0.29) is 0 Å². The van der Waals surface area contributed by atoms with Gasteiger partial charge in [-0.1, -0.05) is 52.8 Å². The molecule has 2 aromatic rings. The standard InChI is InChI=1S/C19H28N2/c1-6-20-17(12-14(2)19(3,4)5)16-10-9-15-8-7-11-21-18(15)13-16/h7-11,13-14,17,20H,6,12H2,1-5H3. The summed E-state index contributed by atoms with van der Waals surface area (Å²) in [4.78, 5) is 4.48. The molecule has 0 aliphatic rings. The van der Waals surface area contributed by atoms with Gasteiger partial charge in [-0.05, 0) is 42.0 Å². The van der Waals surface area contributed by atoms with Crippen molar-refractivity contribution in [1.82, 2.24) is 10.3 Å². The van der Waals surface area contributed by atoms with E-state index in [0.717, 1.165) is 18.5 Å². The SMILES string of the molecule is CCNC(CC(C)C(C)(C)C)c1ccc2cccnc2c1. The molecule has 2 heteroatoms. The lowest BCUT2D eigenvalue weighted by atomic mass is 9.77. The molecule has 0 spiro atoms. The lowest BCUT2D eigenvalue weighted by Gasteiger charge is -2.31. The van der Waals surface area contributed by atoms with Gasteiger partial charge in [0.25, 0.3) is 0 Å². The zero-order valence-electron chi connectivity index (χ0n) is 14.0. The van der Waals surface area contributed by atoms with Crippen LogP contribution < -0.4 is 5.32 Å². The van der Waals surface area contributed by atoms with Crippen LogP contribution in [-0.2, 0) is 0 Å². The molecule has 2 unspecified atom stereocenters. The van der Waals surface area contributed by atoms with Crippen LogP contribution in [0.3, 0.4) is 0 Å². The maximum atomic E-state index is 4.48. The summed E-state index contributed by atoms with van der Waals surface area (Å²) in [5.74, 6) is 0.654. The maximum Gasteiger partial charge on any atom is 0.0705 e. The van der Waals surface area contributed by atoms with E-state index in [2.05, 4.69) is 69.2 Å². The number of hydrogen-bond acceptors (Lipinski definition) is 2. The lowest BCUT2D eigenvalue weighted by molar-refractivity contribution is 0.224. The van der Waals surface area contributed by atoms with Gasteiger partial charge in [0.2, 0.25) is 0 Å². The molecular formula is C19H28N2. The first-order chi connectivity index (χ1) is 9.91. The summed E-state index contributed by atoms with van der Waals surface area (Å²) in [6.07, 6.45) is 3.02. The Kier molecular flexibility index (Phi) is 5.00. The Labute approximate surface area is 129 Å². The predicted molar refractivity (Wildman–Crippen MR) is 91.4 cm³/mol. The van der Waals surface area contributed by atoms with Gasteiger partial charge in [-0.2, -0.15) is 0 Å². The molecule has 0 fully saturated rings. The summed E-state index contributed by atoms with van der Waals surface area (Å²) in [6.45, 7) is 12.5. The van der Waals surface area contributed by atoms with E-state index < -0.39 is 0 Å². The molecule has 0 aliphatic heterocycles. The zero-order valence-corrected chi connectivity index (χ0v) is 14.0. The van der Waals surface area contributed by atoms with Gasteiger partial charge in [-0.3, -0.25) is 4.98 Å². The van der Waals surface area contributed by atoms with Crippen molar-refractivity contribution < 1.29 is 0 Å². The van der Waals surface area contributed by atoms with Crippen LogP contribution in [0.5, 0.6) is 0 Å². The second-order valence-corrected chi connectivity index (χ2v) is 7.07. The molecular weight excluding hydrogens is 256 g/mol. The van der Waals surface area contributed by atoms with Crippen molar-refractivity contribution in [2.24, 2.45) is 11.3 Å². The maximum absolute atomic E-state index is 4.48. The average molecular weight is 284 g/mol. The van der Waals surface area contributed by atoms with E-state index in [9.17, 15) is 0 Å². The normalized spacial score (nSPS) is 15.1. The quantitative estimate of drug-likeness (QED) is 0.839. The summed E-state index contributed by atoms with van der Waals surface area (Å²) in [5.41, 5.74) is 2.77. The molecule has 1 N–H and O–H groups in total. The van der Waals surface area contributed by atoms with Gasteiger partial charge in [0.1, 0.15) is 0 Å². The van der Waals surface area contributed by atoms with Crippen LogP contribution in [0.2, 0.25) is 0 Å². The molecule has 1 aromatic heterocycles. The van der Waals surface area contributed by atoms with E-state index in [1.165, 1.54) is 10.9 Å². The summed E-state index contributed by atoms with van der Waals surface area (Å²) in [7, 11) is 0. The second-order valence-electron chi connectivity index (χ2n) is 7.07. The van der Waals surface area contributed by atoms with Gasteiger partial charge < -0.3 is 5.32 Å². The molecule has 2 atom stereocenters. The largest absolute Gasteiger partial charge is 0.310 e. The number of aromatic nitrogens is 1. The molecule has 2 nitrogen and oxygen atoms in total. The fourth-order valence-electron chi connectivity index (χ4n) is 2.59. The minimum absolute atomic E-state index is 0.336. The first-order valence-electron chi connectivity index (χ1n) is 8.00. The van der Waals surface area contributed by atoms with Gasteiger partial charge in [-0.15, -0.1) is 0 Å². The molecule has 0 saturated heterocycles. The highest BCUT2D eigenvalue weighted by Crippen LogP contribution is 2.33. The smallest absolute Gasteiger partial charge is 0.0705 e. The third-order valence-corrected chi connectivity index (χ3v) is 4.55. The Hall–Kier alpha value is -1.41. The Morgan fingerprint density at radius 1 is 1.19 bits per heavy atom. The predicted octanol–water partition coefficient (Wildman–Crippen LogP) is 4.96. The minimum Gasteiger partial charge on any atom is -0.310 e. The molecule has 0 bridgehead atoms. The summed E-state index contributed by atoms with van der Waals surface area (Å²) in [6, 6.07) is 11.2. The van der Waals surface area contributed by atoms with Crippen LogP contribution in [0.1, 0.15) is 52.6 Å². The molecule has 0 amide bonds. The highest BCUT2D eigenvalue weighted by molar-refractivity contribution is 5.78. The third kappa shape index (κ3) is 4.04. The molecule has 1 aromatic carbocycles. The number of fused-ring (bicyclic) bond motifs is 1. The van der Waals surface area contributed by atoms with Crippen molar-refractivity contribution in [3.05, 3.63) is 42.1 Å². The molecule has 21 heavy (non-hydrogen) atoms. The first kappa shape index (κ1) is 16.0. The molecule has 0 saturated carbocycles. The van der Waals surface area contributed by atoms with Crippen molar-refractivity contribution in [3.63, 3.8) is 0 Å². The van der Waals surface area contributed by atoms with Crippen LogP contribution in [-0.4, -0.2) is 11.5 Å². The number of nitrogens with zero attached hydrogens (tertiary/aromatic N) is 1. The fraction of sp³-hybridized carbons (Fsp3) is 0.526. The van der Waals surface area contributed by atoms with Crippen molar-refractivity contribution in [1.29, 1.82) is 0 Å². The summed E-state index contributed by atoms with van der Waals surface area (Å²) < 4.78 is 0. The lowest BCUT2D eigenvalue weighted by Crippen LogP contribution is -2.27. The van der Waals surface area contributed by atoms with Crippen molar-refractivity contribution >= 4 is 10.9 Å².